The molecule has 0 spiro atoms. The van der Waals surface area contributed by atoms with E-state index >= 15 is 0 Å². The van der Waals surface area contributed by atoms with Gasteiger partial charge in [-0.25, -0.2) is 0 Å². The first-order chi connectivity index (χ1) is 7.13. The van der Waals surface area contributed by atoms with Crippen LogP contribution in [0.4, 0.5) is 0 Å². The van der Waals surface area contributed by atoms with E-state index in [1.807, 2.05) is 4.90 Å². The molecule has 1 atom stereocenters. The lowest BCUT2D eigenvalue weighted by Gasteiger charge is -2.33. The summed E-state index contributed by atoms with van der Waals surface area (Å²) in [4.78, 5) is 16.1. The van der Waals surface area contributed by atoms with Gasteiger partial charge in [0.1, 0.15) is 0 Å². The van der Waals surface area contributed by atoms with Crippen molar-refractivity contribution in [3.05, 3.63) is 0 Å². The first-order valence-electron chi connectivity index (χ1n) is 5.58. The highest BCUT2D eigenvalue weighted by molar-refractivity contribution is 5.76. The molecule has 1 unspecified atom stereocenters. The van der Waals surface area contributed by atoms with Crippen LogP contribution in [0, 0.1) is 5.92 Å². The number of ether oxygens (including phenoxy) is 1. The molecule has 0 bridgehead atoms. The standard InChI is InChI=1S/C11H22N2O2/c1-10(9-15-3)8-11(14)13-6-4-12(2)5-7-13/h10H,4-9H2,1-3H3. The molecule has 1 fully saturated rings. The second-order valence-corrected chi connectivity index (χ2v) is 4.45. The van der Waals surface area contributed by atoms with Crippen LogP contribution in [0.3, 0.4) is 0 Å². The van der Waals surface area contributed by atoms with E-state index in [0.29, 0.717) is 18.9 Å². The summed E-state index contributed by atoms with van der Waals surface area (Å²) in [6.45, 7) is 6.44. The Morgan fingerprint density at radius 1 is 1.33 bits per heavy atom. The fraction of sp³-hybridized carbons (Fsp3) is 0.909. The van der Waals surface area contributed by atoms with Crippen molar-refractivity contribution in [2.24, 2.45) is 5.92 Å². The number of carbonyl (C=O) groups excluding carboxylic acids is 1. The number of carbonyl (C=O) groups is 1. The third-order valence-electron chi connectivity index (χ3n) is 2.83. The Morgan fingerprint density at radius 3 is 2.47 bits per heavy atom. The largest absolute Gasteiger partial charge is 0.384 e. The average molecular weight is 214 g/mol. The van der Waals surface area contributed by atoms with E-state index in [4.69, 9.17) is 4.74 Å². The maximum Gasteiger partial charge on any atom is 0.223 e. The summed E-state index contributed by atoms with van der Waals surface area (Å²) in [6.07, 6.45) is 0.609. The molecule has 0 aromatic rings. The molecular weight excluding hydrogens is 192 g/mol. The van der Waals surface area contributed by atoms with Crippen molar-refractivity contribution in [2.45, 2.75) is 13.3 Å². The van der Waals surface area contributed by atoms with E-state index in [9.17, 15) is 4.79 Å². The van der Waals surface area contributed by atoms with Gasteiger partial charge in [0.05, 0.1) is 0 Å². The van der Waals surface area contributed by atoms with Gasteiger partial charge in [0.2, 0.25) is 5.91 Å². The molecule has 0 aromatic carbocycles. The molecule has 4 nitrogen and oxygen atoms in total. The van der Waals surface area contributed by atoms with Gasteiger partial charge in [-0.3, -0.25) is 4.79 Å². The molecule has 0 N–H and O–H groups in total. The van der Waals surface area contributed by atoms with E-state index in [1.165, 1.54) is 0 Å². The van der Waals surface area contributed by atoms with Gasteiger partial charge in [-0.1, -0.05) is 6.92 Å². The number of piperazine rings is 1. The lowest BCUT2D eigenvalue weighted by molar-refractivity contribution is -0.134. The number of rotatable bonds is 4. The minimum atomic E-state index is 0.271. The van der Waals surface area contributed by atoms with Crippen LogP contribution in [0.5, 0.6) is 0 Å². The molecule has 0 saturated carbocycles. The smallest absolute Gasteiger partial charge is 0.223 e. The van der Waals surface area contributed by atoms with E-state index < -0.39 is 0 Å². The van der Waals surface area contributed by atoms with Gasteiger partial charge >= 0.3 is 0 Å². The van der Waals surface area contributed by atoms with E-state index in [0.717, 1.165) is 26.2 Å². The van der Waals surface area contributed by atoms with E-state index in [-0.39, 0.29) is 5.91 Å². The summed E-state index contributed by atoms with van der Waals surface area (Å²) < 4.78 is 5.03. The van der Waals surface area contributed by atoms with Crippen LogP contribution < -0.4 is 0 Å². The fourth-order valence-corrected chi connectivity index (χ4v) is 1.83. The highest BCUT2D eigenvalue weighted by Gasteiger charge is 2.20. The van der Waals surface area contributed by atoms with E-state index in [2.05, 4.69) is 18.9 Å². The normalized spacial score (nSPS) is 20.3. The minimum absolute atomic E-state index is 0.271. The minimum Gasteiger partial charge on any atom is -0.384 e. The maximum absolute atomic E-state index is 11.8. The highest BCUT2D eigenvalue weighted by Crippen LogP contribution is 2.08. The van der Waals surface area contributed by atoms with Gasteiger partial charge in [0, 0.05) is 46.3 Å². The summed E-state index contributed by atoms with van der Waals surface area (Å²) in [5.74, 6) is 0.592. The zero-order valence-electron chi connectivity index (χ0n) is 10.0. The lowest BCUT2D eigenvalue weighted by Crippen LogP contribution is -2.47. The second kappa shape index (κ2) is 6.08. The highest BCUT2D eigenvalue weighted by atomic mass is 16.5. The molecule has 88 valence electrons. The zero-order chi connectivity index (χ0) is 11.3. The van der Waals surface area contributed by atoms with Crippen molar-refractivity contribution in [2.75, 3.05) is 46.9 Å². The molecule has 1 saturated heterocycles. The average Bonchev–Trinajstić information content (AvgIpc) is 2.18. The predicted octanol–water partition coefficient (Wildman–Crippen LogP) is 0.433. The van der Waals surface area contributed by atoms with Crippen molar-refractivity contribution >= 4 is 5.91 Å². The predicted molar refractivity (Wildman–Crippen MR) is 59.7 cm³/mol. The molecule has 4 heteroatoms. The molecule has 15 heavy (non-hydrogen) atoms. The van der Waals surface area contributed by atoms with Crippen molar-refractivity contribution in [3.63, 3.8) is 0 Å². The van der Waals surface area contributed by atoms with Crippen LogP contribution in [0.2, 0.25) is 0 Å². The van der Waals surface area contributed by atoms with Crippen molar-refractivity contribution in [1.29, 1.82) is 0 Å². The SMILES string of the molecule is COCC(C)CC(=O)N1CCN(C)CC1. The third-order valence-corrected chi connectivity index (χ3v) is 2.83. The first-order valence-corrected chi connectivity index (χ1v) is 5.58. The van der Waals surface area contributed by atoms with Gasteiger partial charge < -0.3 is 14.5 Å². The number of likely N-dealkylation sites (N-methyl/N-ethyl adjacent to an activating group) is 1. The molecule has 1 aliphatic rings. The number of hydrogen-bond donors (Lipinski definition) is 0. The van der Waals surface area contributed by atoms with Crippen LogP contribution in [0.15, 0.2) is 0 Å². The molecule has 0 aliphatic carbocycles. The van der Waals surface area contributed by atoms with Gasteiger partial charge in [-0.05, 0) is 13.0 Å². The van der Waals surface area contributed by atoms with Crippen LogP contribution in [-0.4, -0.2) is 62.7 Å². The maximum atomic E-state index is 11.8. The fourth-order valence-electron chi connectivity index (χ4n) is 1.83. The Morgan fingerprint density at radius 2 is 1.93 bits per heavy atom. The second-order valence-electron chi connectivity index (χ2n) is 4.45. The summed E-state index contributed by atoms with van der Waals surface area (Å²) in [6, 6.07) is 0. The van der Waals surface area contributed by atoms with Gasteiger partial charge in [-0.2, -0.15) is 0 Å². The van der Waals surface area contributed by atoms with Crippen LogP contribution in [0.1, 0.15) is 13.3 Å². The summed E-state index contributed by atoms with van der Waals surface area (Å²) in [5.41, 5.74) is 0. The number of methoxy groups -OCH3 is 1. The van der Waals surface area contributed by atoms with Crippen LogP contribution in [0.25, 0.3) is 0 Å². The van der Waals surface area contributed by atoms with Crippen LogP contribution in [-0.2, 0) is 9.53 Å². The molecule has 1 heterocycles. The van der Waals surface area contributed by atoms with Crippen molar-refractivity contribution in [1.82, 2.24) is 9.80 Å². The monoisotopic (exact) mass is 214 g/mol. The molecule has 1 aliphatic heterocycles. The van der Waals surface area contributed by atoms with Gasteiger partial charge in [0.15, 0.2) is 0 Å². The molecular formula is C11H22N2O2. The Kier molecular flexibility index (Phi) is 5.05. The number of hydrogen-bond acceptors (Lipinski definition) is 3. The van der Waals surface area contributed by atoms with Gasteiger partial charge in [0.25, 0.3) is 0 Å². The molecule has 0 aromatic heterocycles. The molecule has 1 rings (SSSR count). The van der Waals surface area contributed by atoms with Crippen LogP contribution >= 0.6 is 0 Å². The Bertz CT molecular complexity index is 201. The summed E-state index contributed by atoms with van der Waals surface area (Å²) >= 11 is 0. The third kappa shape index (κ3) is 4.18. The van der Waals surface area contributed by atoms with Crippen molar-refractivity contribution < 1.29 is 9.53 Å². The topological polar surface area (TPSA) is 32.8 Å². The van der Waals surface area contributed by atoms with Crippen molar-refractivity contribution in [3.8, 4) is 0 Å². The Balaban J connectivity index is 2.27. The zero-order valence-corrected chi connectivity index (χ0v) is 10.0. The number of nitrogens with zero attached hydrogens (tertiary/aromatic N) is 2. The Hall–Kier alpha value is -0.610. The first kappa shape index (κ1) is 12.5. The molecule has 1 amide bonds. The van der Waals surface area contributed by atoms with E-state index in [1.54, 1.807) is 7.11 Å². The lowest BCUT2D eigenvalue weighted by atomic mass is 10.1. The number of amides is 1. The summed E-state index contributed by atoms with van der Waals surface area (Å²) in [7, 11) is 3.77. The summed E-state index contributed by atoms with van der Waals surface area (Å²) in [5, 5.41) is 0. The van der Waals surface area contributed by atoms with Gasteiger partial charge in [-0.15, -0.1) is 0 Å². The quantitative estimate of drug-likeness (QED) is 0.680. The Labute approximate surface area is 92.2 Å². The molecule has 0 radical (unpaired) electrons.